The van der Waals surface area contributed by atoms with Gasteiger partial charge in [0.25, 0.3) is 0 Å². The van der Waals surface area contributed by atoms with Gasteiger partial charge in [0.05, 0.1) is 11.2 Å². The van der Waals surface area contributed by atoms with Crippen molar-refractivity contribution in [2.75, 3.05) is 37.3 Å². The number of para-hydroxylation sites is 1. The van der Waals surface area contributed by atoms with Crippen LogP contribution >= 0.6 is 24.2 Å². The first kappa shape index (κ1) is 21.7. The van der Waals surface area contributed by atoms with Crippen LogP contribution in [-0.2, 0) is 6.54 Å². The molecule has 31 heavy (non-hydrogen) atoms. The molecule has 1 aliphatic heterocycles. The molecular weight excluding hydrogens is 426 g/mol. The quantitative estimate of drug-likeness (QED) is 0.404. The van der Waals surface area contributed by atoms with E-state index in [0.29, 0.717) is 0 Å². The Bertz CT molecular complexity index is 1120. The molecule has 5 nitrogen and oxygen atoms in total. The van der Waals surface area contributed by atoms with Gasteiger partial charge in [0, 0.05) is 56.2 Å². The molecule has 0 spiro atoms. The van der Waals surface area contributed by atoms with E-state index in [0.717, 1.165) is 43.4 Å². The Morgan fingerprint density at radius 1 is 0.903 bits per heavy atom. The minimum Gasteiger partial charge on any atom is -0.369 e. The Balaban J connectivity index is 0.00000231. The standard InChI is InChI=1S/C24H25N5S.ClH/c1-30-24-22-10-9-21(16-23(22)29(26-24)20-7-3-2-4-8-20)28-14-12-27(13-15-28)18-19-6-5-11-25-17-19;/h2-11,16-17H,12-15,18H2,1H3;1H. The lowest BCUT2D eigenvalue weighted by Crippen LogP contribution is -2.45. The third-order valence-electron chi connectivity index (χ3n) is 5.69. The summed E-state index contributed by atoms with van der Waals surface area (Å²) in [6.45, 7) is 5.14. The minimum atomic E-state index is 0. The fourth-order valence-corrected chi connectivity index (χ4v) is 4.66. The maximum atomic E-state index is 4.87. The first-order valence-corrected chi connectivity index (χ1v) is 11.5. The summed E-state index contributed by atoms with van der Waals surface area (Å²) in [5.74, 6) is 0. The maximum absolute atomic E-state index is 4.87. The Hall–Kier alpha value is -2.54. The van der Waals surface area contributed by atoms with Crippen LogP contribution in [0.15, 0.2) is 78.1 Å². The van der Waals surface area contributed by atoms with Crippen LogP contribution in [0.3, 0.4) is 0 Å². The van der Waals surface area contributed by atoms with Crippen LogP contribution in [0.2, 0.25) is 0 Å². The van der Waals surface area contributed by atoms with Gasteiger partial charge in [-0.3, -0.25) is 9.88 Å². The molecule has 3 heterocycles. The molecular formula is C24H26ClN5S. The third kappa shape index (κ3) is 4.56. The zero-order valence-electron chi connectivity index (χ0n) is 17.5. The maximum Gasteiger partial charge on any atom is 0.126 e. The summed E-state index contributed by atoms with van der Waals surface area (Å²) in [5, 5.41) is 7.15. The van der Waals surface area contributed by atoms with Gasteiger partial charge in [0.2, 0.25) is 0 Å². The number of piperazine rings is 1. The zero-order valence-corrected chi connectivity index (χ0v) is 19.1. The lowest BCUT2D eigenvalue weighted by molar-refractivity contribution is 0.249. The van der Waals surface area contributed by atoms with E-state index in [9.17, 15) is 0 Å². The number of aromatic nitrogens is 3. The molecule has 2 aromatic carbocycles. The molecule has 7 heteroatoms. The van der Waals surface area contributed by atoms with Crippen molar-refractivity contribution in [3.63, 3.8) is 0 Å². The van der Waals surface area contributed by atoms with Crippen LogP contribution in [0.4, 0.5) is 5.69 Å². The fraction of sp³-hybridized carbons (Fsp3) is 0.250. The number of benzene rings is 2. The van der Waals surface area contributed by atoms with Gasteiger partial charge in [0.15, 0.2) is 0 Å². The number of rotatable bonds is 5. The number of hydrogen-bond donors (Lipinski definition) is 0. The molecule has 1 aliphatic rings. The van der Waals surface area contributed by atoms with E-state index in [-0.39, 0.29) is 12.4 Å². The van der Waals surface area contributed by atoms with Crippen molar-refractivity contribution in [1.29, 1.82) is 0 Å². The summed E-state index contributed by atoms with van der Waals surface area (Å²) in [4.78, 5) is 9.23. The van der Waals surface area contributed by atoms with Gasteiger partial charge < -0.3 is 4.90 Å². The number of fused-ring (bicyclic) bond motifs is 1. The number of nitrogens with zero attached hydrogens (tertiary/aromatic N) is 5. The van der Waals surface area contributed by atoms with E-state index in [4.69, 9.17) is 5.10 Å². The van der Waals surface area contributed by atoms with Crippen LogP contribution in [-0.4, -0.2) is 52.1 Å². The van der Waals surface area contributed by atoms with Crippen LogP contribution in [0.5, 0.6) is 0 Å². The summed E-state index contributed by atoms with van der Waals surface area (Å²) < 4.78 is 2.07. The Kier molecular flexibility index (Phi) is 6.80. The molecule has 0 N–H and O–H groups in total. The number of anilines is 1. The second-order valence-corrected chi connectivity index (χ2v) is 8.38. The highest BCUT2D eigenvalue weighted by Crippen LogP contribution is 2.31. The van der Waals surface area contributed by atoms with Crippen molar-refractivity contribution in [1.82, 2.24) is 19.7 Å². The molecule has 1 fully saturated rings. The second kappa shape index (κ2) is 9.73. The normalized spacial score (nSPS) is 14.5. The predicted octanol–water partition coefficient (Wildman–Crippen LogP) is 4.89. The number of thioether (sulfide) groups is 1. The lowest BCUT2D eigenvalue weighted by Gasteiger charge is -2.36. The first-order valence-electron chi connectivity index (χ1n) is 10.3. The Morgan fingerprint density at radius 2 is 1.71 bits per heavy atom. The largest absolute Gasteiger partial charge is 0.369 e. The average Bonchev–Trinajstić information content (AvgIpc) is 3.19. The topological polar surface area (TPSA) is 37.2 Å². The van der Waals surface area contributed by atoms with E-state index < -0.39 is 0 Å². The highest BCUT2D eigenvalue weighted by Gasteiger charge is 2.19. The molecule has 0 amide bonds. The predicted molar refractivity (Wildman–Crippen MR) is 132 cm³/mol. The zero-order chi connectivity index (χ0) is 20.3. The first-order chi connectivity index (χ1) is 14.8. The highest BCUT2D eigenvalue weighted by molar-refractivity contribution is 7.98. The molecule has 2 aromatic heterocycles. The van der Waals surface area contributed by atoms with E-state index in [2.05, 4.69) is 74.3 Å². The monoisotopic (exact) mass is 451 g/mol. The number of hydrogen-bond acceptors (Lipinski definition) is 5. The van der Waals surface area contributed by atoms with E-state index >= 15 is 0 Å². The molecule has 0 bridgehead atoms. The Morgan fingerprint density at radius 3 is 2.42 bits per heavy atom. The number of pyridine rings is 1. The second-order valence-electron chi connectivity index (χ2n) is 7.58. The summed E-state index contributed by atoms with van der Waals surface area (Å²) >= 11 is 1.70. The number of halogens is 1. The van der Waals surface area contributed by atoms with Gasteiger partial charge in [0.1, 0.15) is 5.03 Å². The summed E-state index contributed by atoms with van der Waals surface area (Å²) in [6, 6.07) is 21.3. The molecule has 0 atom stereocenters. The molecule has 1 saturated heterocycles. The lowest BCUT2D eigenvalue weighted by atomic mass is 10.2. The molecule has 5 rings (SSSR count). The molecule has 4 aromatic rings. The van der Waals surface area contributed by atoms with Crippen LogP contribution in [0, 0.1) is 0 Å². The molecule has 0 radical (unpaired) electrons. The Labute approximate surface area is 193 Å². The van der Waals surface area contributed by atoms with Gasteiger partial charge in [-0.2, -0.15) is 5.10 Å². The van der Waals surface area contributed by atoms with Gasteiger partial charge in [-0.05, 0) is 48.2 Å². The highest BCUT2D eigenvalue weighted by atomic mass is 35.5. The van der Waals surface area contributed by atoms with Crippen molar-refractivity contribution < 1.29 is 0 Å². The van der Waals surface area contributed by atoms with Crippen LogP contribution in [0.25, 0.3) is 16.6 Å². The summed E-state index contributed by atoms with van der Waals surface area (Å²) in [6.07, 6.45) is 5.89. The van der Waals surface area contributed by atoms with Crippen molar-refractivity contribution >= 4 is 40.8 Å². The van der Waals surface area contributed by atoms with Crippen LogP contribution < -0.4 is 4.90 Å². The smallest absolute Gasteiger partial charge is 0.126 e. The van der Waals surface area contributed by atoms with Gasteiger partial charge in [-0.15, -0.1) is 24.2 Å². The third-order valence-corrected chi connectivity index (χ3v) is 6.38. The minimum absolute atomic E-state index is 0. The van der Waals surface area contributed by atoms with E-state index in [1.807, 2.05) is 24.5 Å². The van der Waals surface area contributed by atoms with Crippen molar-refractivity contribution in [3.05, 3.63) is 78.6 Å². The SMILES string of the molecule is CSc1nn(-c2ccccc2)c2cc(N3CCN(Cc4cccnc4)CC3)ccc12.Cl. The van der Waals surface area contributed by atoms with Gasteiger partial charge in [-0.1, -0.05) is 24.3 Å². The van der Waals surface area contributed by atoms with Crippen molar-refractivity contribution in [3.8, 4) is 5.69 Å². The van der Waals surface area contributed by atoms with Crippen molar-refractivity contribution in [2.45, 2.75) is 11.6 Å². The van der Waals surface area contributed by atoms with E-state index in [1.165, 1.54) is 22.2 Å². The van der Waals surface area contributed by atoms with Crippen LogP contribution in [0.1, 0.15) is 5.56 Å². The summed E-state index contributed by atoms with van der Waals surface area (Å²) in [7, 11) is 0. The van der Waals surface area contributed by atoms with Gasteiger partial charge in [-0.25, -0.2) is 4.68 Å². The molecule has 0 unspecified atom stereocenters. The van der Waals surface area contributed by atoms with E-state index in [1.54, 1.807) is 11.8 Å². The van der Waals surface area contributed by atoms with Crippen molar-refractivity contribution in [2.24, 2.45) is 0 Å². The molecule has 160 valence electrons. The molecule has 0 aliphatic carbocycles. The van der Waals surface area contributed by atoms with Gasteiger partial charge >= 0.3 is 0 Å². The summed E-state index contributed by atoms with van der Waals surface area (Å²) in [5.41, 5.74) is 4.82. The average molecular weight is 452 g/mol. The molecule has 0 saturated carbocycles. The fourth-order valence-electron chi connectivity index (χ4n) is 4.10.